The molecule has 1 saturated carbocycles. The van der Waals surface area contributed by atoms with Gasteiger partial charge in [0.2, 0.25) is 0 Å². The minimum Gasteiger partial charge on any atom is -0.329 e. The summed E-state index contributed by atoms with van der Waals surface area (Å²) in [6, 6.07) is 8.03. The molecule has 0 bridgehead atoms. The fraction of sp³-hybridized carbons (Fsp3) is 0.438. The first kappa shape index (κ1) is 13.8. The normalized spacial score (nSPS) is 22.9. The maximum atomic E-state index is 6.24. The van der Waals surface area contributed by atoms with E-state index < -0.39 is 0 Å². The maximum Gasteiger partial charge on any atom is 0.0765 e. The number of aromatic nitrogens is 1. The number of hydrogen-bond acceptors (Lipinski definition) is 3. The minimum atomic E-state index is 0.137. The Morgan fingerprint density at radius 2 is 2.25 bits per heavy atom. The summed E-state index contributed by atoms with van der Waals surface area (Å²) in [5.41, 5.74) is 8.04. The number of halogens is 1. The Balaban J connectivity index is 1.88. The zero-order valence-corrected chi connectivity index (χ0v) is 12.4. The lowest BCUT2D eigenvalue weighted by Crippen LogP contribution is -2.30. The summed E-state index contributed by atoms with van der Waals surface area (Å²) >= 11 is 6.24. The van der Waals surface area contributed by atoms with E-state index in [-0.39, 0.29) is 6.04 Å². The fourth-order valence-electron chi connectivity index (χ4n) is 2.74. The third kappa shape index (κ3) is 2.66. The number of rotatable bonds is 5. The van der Waals surface area contributed by atoms with Gasteiger partial charge in [-0.05, 0) is 48.6 Å². The van der Waals surface area contributed by atoms with Crippen LogP contribution in [0.2, 0.25) is 5.02 Å². The zero-order valence-electron chi connectivity index (χ0n) is 11.6. The molecule has 1 aromatic heterocycles. The van der Waals surface area contributed by atoms with E-state index in [0.29, 0.717) is 6.54 Å². The van der Waals surface area contributed by atoms with Crippen molar-refractivity contribution >= 4 is 22.5 Å². The third-order valence-corrected chi connectivity index (χ3v) is 4.59. The van der Waals surface area contributed by atoms with Crippen LogP contribution in [0.25, 0.3) is 10.9 Å². The molecule has 1 fully saturated rings. The third-order valence-electron chi connectivity index (χ3n) is 4.26. The van der Waals surface area contributed by atoms with E-state index >= 15 is 0 Å². The van der Waals surface area contributed by atoms with Crippen LogP contribution < -0.4 is 11.1 Å². The highest BCUT2D eigenvalue weighted by atomic mass is 35.5. The summed E-state index contributed by atoms with van der Waals surface area (Å²) in [6.45, 7) is 3.89. The smallest absolute Gasteiger partial charge is 0.0765 e. The second kappa shape index (κ2) is 5.68. The highest BCUT2D eigenvalue weighted by Gasteiger charge is 2.32. The molecule has 1 aromatic carbocycles. The molecule has 3 N–H and O–H groups in total. The number of nitrogens with one attached hydrogen (secondary N) is 1. The fourth-order valence-corrected chi connectivity index (χ4v) is 2.95. The molecule has 1 heterocycles. The Hall–Kier alpha value is -1.16. The first-order valence-electron chi connectivity index (χ1n) is 7.17. The summed E-state index contributed by atoms with van der Waals surface area (Å²) in [5, 5.41) is 5.31. The van der Waals surface area contributed by atoms with Crippen LogP contribution in [0.4, 0.5) is 0 Å². The van der Waals surface area contributed by atoms with Crippen molar-refractivity contribution in [2.24, 2.45) is 17.6 Å². The van der Waals surface area contributed by atoms with Crippen molar-refractivity contribution in [1.29, 1.82) is 0 Å². The van der Waals surface area contributed by atoms with Crippen molar-refractivity contribution < 1.29 is 0 Å². The van der Waals surface area contributed by atoms with Gasteiger partial charge in [-0.25, -0.2) is 0 Å². The van der Waals surface area contributed by atoms with E-state index in [4.69, 9.17) is 17.3 Å². The predicted molar refractivity (Wildman–Crippen MR) is 83.8 cm³/mol. The van der Waals surface area contributed by atoms with Crippen molar-refractivity contribution in [3.8, 4) is 0 Å². The number of nitrogens with zero attached hydrogens (tertiary/aromatic N) is 1. The van der Waals surface area contributed by atoms with Gasteiger partial charge in [0.1, 0.15) is 0 Å². The number of fused-ring (bicyclic) bond motifs is 1. The summed E-state index contributed by atoms with van der Waals surface area (Å²) < 4.78 is 0. The van der Waals surface area contributed by atoms with Gasteiger partial charge in [0.25, 0.3) is 0 Å². The second-order valence-electron chi connectivity index (χ2n) is 5.71. The van der Waals surface area contributed by atoms with Crippen LogP contribution in [-0.2, 0) is 0 Å². The van der Waals surface area contributed by atoms with Gasteiger partial charge in [-0.15, -0.1) is 0 Å². The van der Waals surface area contributed by atoms with Crippen LogP contribution in [0, 0.1) is 11.8 Å². The molecule has 0 saturated heterocycles. The largest absolute Gasteiger partial charge is 0.329 e. The Bertz CT molecular complexity index is 614. The zero-order chi connectivity index (χ0) is 14.1. The molecule has 1 aliphatic carbocycles. The molecular weight excluding hydrogens is 270 g/mol. The summed E-state index contributed by atoms with van der Waals surface area (Å²) in [7, 11) is 0. The molecule has 0 amide bonds. The molecule has 106 valence electrons. The highest BCUT2D eigenvalue weighted by molar-refractivity contribution is 6.35. The number of nitrogens with two attached hydrogens (primary N) is 1. The van der Waals surface area contributed by atoms with Gasteiger partial charge in [0.05, 0.1) is 5.52 Å². The lowest BCUT2D eigenvalue weighted by molar-refractivity contribution is 0.513. The van der Waals surface area contributed by atoms with E-state index in [1.54, 1.807) is 6.20 Å². The van der Waals surface area contributed by atoms with Gasteiger partial charge >= 0.3 is 0 Å². The number of hydrogen-bond donors (Lipinski definition) is 2. The Kier molecular flexibility index (Phi) is 3.92. The van der Waals surface area contributed by atoms with Gasteiger partial charge in [-0.3, -0.25) is 4.98 Å². The molecule has 3 unspecified atom stereocenters. The first-order chi connectivity index (χ1) is 9.70. The van der Waals surface area contributed by atoms with Crippen LogP contribution in [0.15, 0.2) is 30.5 Å². The van der Waals surface area contributed by atoms with E-state index in [1.165, 1.54) is 6.42 Å². The van der Waals surface area contributed by atoms with Gasteiger partial charge < -0.3 is 11.1 Å². The van der Waals surface area contributed by atoms with E-state index in [0.717, 1.165) is 39.9 Å². The van der Waals surface area contributed by atoms with Crippen LogP contribution in [0.3, 0.4) is 0 Å². The molecule has 3 rings (SSSR count). The van der Waals surface area contributed by atoms with Gasteiger partial charge in [-0.1, -0.05) is 24.6 Å². The SMILES string of the molecule is CC1CC1CNC(CN)c1ccc(Cl)c2cccnc12. The Morgan fingerprint density at radius 1 is 1.45 bits per heavy atom. The monoisotopic (exact) mass is 289 g/mol. The Morgan fingerprint density at radius 3 is 2.95 bits per heavy atom. The summed E-state index contributed by atoms with van der Waals surface area (Å²) in [4.78, 5) is 4.49. The molecule has 20 heavy (non-hydrogen) atoms. The molecule has 3 atom stereocenters. The molecule has 1 aliphatic rings. The lowest BCUT2D eigenvalue weighted by atomic mass is 10.0. The lowest BCUT2D eigenvalue weighted by Gasteiger charge is -2.19. The standard InChI is InChI=1S/C16H20ClN3/c1-10-7-11(10)9-20-15(8-18)13-4-5-14(17)12-3-2-6-19-16(12)13/h2-6,10-11,15,20H,7-9,18H2,1H3. The second-order valence-corrected chi connectivity index (χ2v) is 6.11. The first-order valence-corrected chi connectivity index (χ1v) is 7.55. The molecule has 0 spiro atoms. The Labute approximate surface area is 124 Å². The van der Waals surface area contributed by atoms with E-state index in [1.807, 2.05) is 24.3 Å². The molecule has 4 heteroatoms. The number of pyridine rings is 1. The van der Waals surface area contributed by atoms with Crippen LogP contribution in [0.5, 0.6) is 0 Å². The van der Waals surface area contributed by atoms with Gasteiger partial charge in [0, 0.05) is 29.2 Å². The molecule has 3 nitrogen and oxygen atoms in total. The quantitative estimate of drug-likeness (QED) is 0.889. The van der Waals surface area contributed by atoms with Gasteiger partial charge in [0.15, 0.2) is 0 Å². The van der Waals surface area contributed by atoms with Crippen molar-refractivity contribution in [3.63, 3.8) is 0 Å². The van der Waals surface area contributed by atoms with E-state index in [9.17, 15) is 0 Å². The molecule has 0 aliphatic heterocycles. The highest BCUT2D eigenvalue weighted by Crippen LogP contribution is 2.37. The van der Waals surface area contributed by atoms with Gasteiger partial charge in [-0.2, -0.15) is 0 Å². The topological polar surface area (TPSA) is 50.9 Å². The van der Waals surface area contributed by atoms with Crippen molar-refractivity contribution in [1.82, 2.24) is 10.3 Å². The van der Waals surface area contributed by atoms with Crippen LogP contribution in [-0.4, -0.2) is 18.1 Å². The summed E-state index contributed by atoms with van der Waals surface area (Å²) in [5.74, 6) is 1.65. The number of benzene rings is 1. The maximum absolute atomic E-state index is 6.24. The van der Waals surface area contributed by atoms with Crippen molar-refractivity contribution in [3.05, 3.63) is 41.0 Å². The predicted octanol–water partition coefficient (Wildman–Crippen LogP) is 3.13. The molecular formula is C16H20ClN3. The average Bonchev–Trinajstić information content (AvgIpc) is 3.18. The van der Waals surface area contributed by atoms with Crippen LogP contribution >= 0.6 is 11.6 Å². The van der Waals surface area contributed by atoms with Crippen LogP contribution in [0.1, 0.15) is 24.9 Å². The molecule has 0 radical (unpaired) electrons. The van der Waals surface area contributed by atoms with Crippen molar-refractivity contribution in [2.75, 3.05) is 13.1 Å². The molecule has 2 aromatic rings. The van der Waals surface area contributed by atoms with E-state index in [2.05, 4.69) is 17.2 Å². The van der Waals surface area contributed by atoms with Crippen molar-refractivity contribution in [2.45, 2.75) is 19.4 Å². The minimum absolute atomic E-state index is 0.137. The summed E-state index contributed by atoms with van der Waals surface area (Å²) in [6.07, 6.45) is 3.13. The average molecular weight is 290 g/mol.